The fraction of sp³-hybridized carbons (Fsp3) is 0.455. The van der Waals surface area contributed by atoms with E-state index in [4.69, 9.17) is 14.2 Å². The summed E-state index contributed by atoms with van der Waals surface area (Å²) in [4.78, 5) is 8.28. The van der Waals surface area contributed by atoms with Gasteiger partial charge in [0.05, 0.1) is 27.9 Å². The minimum atomic E-state index is 0.465. The first-order chi connectivity index (χ1) is 15.2. The summed E-state index contributed by atoms with van der Waals surface area (Å²) < 4.78 is 16.4. The molecule has 0 saturated carbocycles. The number of likely N-dealkylation sites (tertiary alicyclic amines) is 1. The minimum Gasteiger partial charge on any atom is -0.493 e. The van der Waals surface area contributed by atoms with Crippen molar-refractivity contribution in [1.82, 2.24) is 30.1 Å². The Hall–Kier alpha value is -3.20. The number of hydrogen-bond donors (Lipinski definition) is 0. The lowest BCUT2D eigenvalue weighted by Gasteiger charge is -2.32. The molecule has 3 aromatic rings. The SMILES string of the molecule is COc1cc(CN2CCC[C@@H](Cn3nnc(-c4cccnc4)n3)C2)cc(OC)c1OC. The third-order valence-electron chi connectivity index (χ3n) is 5.53. The van der Waals surface area contributed by atoms with Gasteiger partial charge < -0.3 is 14.2 Å². The van der Waals surface area contributed by atoms with Crippen molar-refractivity contribution in [2.75, 3.05) is 34.4 Å². The molecule has 9 nitrogen and oxygen atoms in total. The van der Waals surface area contributed by atoms with E-state index in [0.29, 0.717) is 29.0 Å². The van der Waals surface area contributed by atoms with Gasteiger partial charge >= 0.3 is 0 Å². The highest BCUT2D eigenvalue weighted by Crippen LogP contribution is 2.38. The van der Waals surface area contributed by atoms with Crippen LogP contribution >= 0.6 is 0 Å². The Morgan fingerprint density at radius 2 is 1.90 bits per heavy atom. The predicted octanol–water partition coefficient (Wildman–Crippen LogP) is 2.67. The second-order valence-corrected chi connectivity index (χ2v) is 7.69. The fourth-order valence-electron chi connectivity index (χ4n) is 4.09. The number of benzene rings is 1. The average Bonchev–Trinajstić information content (AvgIpc) is 3.27. The lowest BCUT2D eigenvalue weighted by atomic mass is 9.97. The molecular formula is C22H28N6O3. The van der Waals surface area contributed by atoms with E-state index >= 15 is 0 Å². The van der Waals surface area contributed by atoms with Gasteiger partial charge in [-0.25, -0.2) is 0 Å². The molecule has 3 heterocycles. The lowest BCUT2D eigenvalue weighted by molar-refractivity contribution is 0.149. The van der Waals surface area contributed by atoms with Gasteiger partial charge in [0, 0.05) is 31.0 Å². The number of hydrogen-bond acceptors (Lipinski definition) is 8. The zero-order valence-corrected chi connectivity index (χ0v) is 18.2. The standard InChI is InChI=1S/C22H28N6O3/c1-29-19-10-17(11-20(30-2)21(19)31-3)14-27-9-5-6-16(13-27)15-28-25-22(24-26-28)18-7-4-8-23-12-18/h4,7-8,10-12,16H,5-6,9,13-15H2,1-3H3/t16-/m1/s1. The van der Waals surface area contributed by atoms with Crippen molar-refractivity contribution in [2.45, 2.75) is 25.9 Å². The first kappa shape index (κ1) is 21.0. The van der Waals surface area contributed by atoms with E-state index in [0.717, 1.165) is 50.1 Å². The summed E-state index contributed by atoms with van der Waals surface area (Å²) in [6.07, 6.45) is 5.77. The molecule has 31 heavy (non-hydrogen) atoms. The number of pyridine rings is 1. The minimum absolute atomic E-state index is 0.465. The quantitative estimate of drug-likeness (QED) is 0.545. The number of nitrogens with zero attached hydrogens (tertiary/aromatic N) is 6. The molecule has 0 spiro atoms. The molecule has 1 aliphatic heterocycles. The molecule has 1 fully saturated rings. The smallest absolute Gasteiger partial charge is 0.206 e. The Kier molecular flexibility index (Phi) is 6.61. The van der Waals surface area contributed by atoms with Crippen molar-refractivity contribution < 1.29 is 14.2 Å². The largest absolute Gasteiger partial charge is 0.493 e. The molecule has 164 valence electrons. The molecule has 1 aromatic carbocycles. The van der Waals surface area contributed by atoms with E-state index in [-0.39, 0.29) is 0 Å². The molecular weight excluding hydrogens is 396 g/mol. The van der Waals surface area contributed by atoms with Crippen molar-refractivity contribution in [3.63, 3.8) is 0 Å². The van der Waals surface area contributed by atoms with Crippen molar-refractivity contribution >= 4 is 0 Å². The van der Waals surface area contributed by atoms with Crippen LogP contribution in [0.4, 0.5) is 0 Å². The van der Waals surface area contributed by atoms with E-state index in [1.54, 1.807) is 38.5 Å². The maximum atomic E-state index is 5.49. The van der Waals surface area contributed by atoms with Crippen molar-refractivity contribution in [2.24, 2.45) is 5.92 Å². The van der Waals surface area contributed by atoms with E-state index in [9.17, 15) is 0 Å². The summed E-state index contributed by atoms with van der Waals surface area (Å²) in [6, 6.07) is 7.85. The Bertz CT molecular complexity index is 969. The molecule has 0 aliphatic carbocycles. The van der Waals surface area contributed by atoms with Gasteiger partial charge in [0.1, 0.15) is 0 Å². The van der Waals surface area contributed by atoms with Crippen LogP contribution in [0, 0.1) is 5.92 Å². The first-order valence-corrected chi connectivity index (χ1v) is 10.4. The van der Waals surface area contributed by atoms with E-state index < -0.39 is 0 Å². The highest BCUT2D eigenvalue weighted by molar-refractivity contribution is 5.54. The lowest BCUT2D eigenvalue weighted by Crippen LogP contribution is -2.36. The van der Waals surface area contributed by atoms with Crippen LogP contribution < -0.4 is 14.2 Å². The van der Waals surface area contributed by atoms with Crippen LogP contribution in [0.25, 0.3) is 11.4 Å². The van der Waals surface area contributed by atoms with Gasteiger partial charge in [0.15, 0.2) is 11.5 Å². The van der Waals surface area contributed by atoms with Crippen molar-refractivity contribution in [1.29, 1.82) is 0 Å². The second-order valence-electron chi connectivity index (χ2n) is 7.69. The Labute approximate surface area is 181 Å². The number of tetrazole rings is 1. The van der Waals surface area contributed by atoms with E-state index in [2.05, 4.69) is 25.3 Å². The molecule has 1 aliphatic rings. The van der Waals surface area contributed by atoms with Crippen LogP contribution in [0.15, 0.2) is 36.7 Å². The Morgan fingerprint density at radius 1 is 1.10 bits per heavy atom. The molecule has 0 radical (unpaired) electrons. The molecule has 9 heteroatoms. The molecule has 0 amide bonds. The predicted molar refractivity (Wildman–Crippen MR) is 115 cm³/mol. The highest BCUT2D eigenvalue weighted by atomic mass is 16.5. The molecule has 0 unspecified atom stereocenters. The zero-order valence-electron chi connectivity index (χ0n) is 18.2. The number of rotatable bonds is 8. The van der Waals surface area contributed by atoms with Crippen molar-refractivity contribution in [3.05, 3.63) is 42.2 Å². The molecule has 0 N–H and O–H groups in total. The van der Waals surface area contributed by atoms with Crippen molar-refractivity contribution in [3.8, 4) is 28.6 Å². The molecule has 2 aromatic heterocycles. The average molecular weight is 425 g/mol. The summed E-state index contributed by atoms with van der Waals surface area (Å²) >= 11 is 0. The van der Waals surface area contributed by atoms with Crippen LogP contribution in [0.2, 0.25) is 0 Å². The van der Waals surface area contributed by atoms with Crippen LogP contribution in [0.5, 0.6) is 17.2 Å². The summed E-state index contributed by atoms with van der Waals surface area (Å²) in [5.74, 6) is 3.05. The molecule has 1 saturated heterocycles. The van der Waals surface area contributed by atoms with Gasteiger partial charge in [-0.3, -0.25) is 9.88 Å². The fourth-order valence-corrected chi connectivity index (χ4v) is 4.09. The number of piperidine rings is 1. The third kappa shape index (κ3) is 4.93. The van der Waals surface area contributed by atoms with Gasteiger partial charge in [-0.2, -0.15) is 4.80 Å². The maximum Gasteiger partial charge on any atom is 0.206 e. The summed E-state index contributed by atoms with van der Waals surface area (Å²) in [5.41, 5.74) is 2.01. The first-order valence-electron chi connectivity index (χ1n) is 10.4. The molecule has 0 bridgehead atoms. The Balaban J connectivity index is 1.41. The molecule has 1 atom stereocenters. The Morgan fingerprint density at radius 3 is 2.58 bits per heavy atom. The highest BCUT2D eigenvalue weighted by Gasteiger charge is 2.23. The summed E-state index contributed by atoms with van der Waals surface area (Å²) in [7, 11) is 4.90. The summed E-state index contributed by atoms with van der Waals surface area (Å²) in [6.45, 7) is 3.59. The maximum absolute atomic E-state index is 5.49. The van der Waals surface area contributed by atoms with E-state index in [1.807, 2.05) is 24.3 Å². The van der Waals surface area contributed by atoms with Crippen LogP contribution in [-0.2, 0) is 13.1 Å². The third-order valence-corrected chi connectivity index (χ3v) is 5.53. The van der Waals surface area contributed by atoms with E-state index in [1.165, 1.54) is 0 Å². The summed E-state index contributed by atoms with van der Waals surface area (Å²) in [5, 5.41) is 13.0. The van der Waals surface area contributed by atoms with Gasteiger partial charge in [-0.05, 0) is 60.3 Å². The zero-order chi connectivity index (χ0) is 21.6. The van der Waals surface area contributed by atoms with Gasteiger partial charge in [-0.1, -0.05) is 0 Å². The normalized spacial score (nSPS) is 16.8. The van der Waals surface area contributed by atoms with Gasteiger partial charge in [0.25, 0.3) is 0 Å². The molecule has 4 rings (SSSR count). The number of ether oxygens (including phenoxy) is 3. The monoisotopic (exact) mass is 424 g/mol. The van der Waals surface area contributed by atoms with Gasteiger partial charge in [-0.15, -0.1) is 10.2 Å². The van der Waals surface area contributed by atoms with Gasteiger partial charge in [0.2, 0.25) is 11.6 Å². The van der Waals surface area contributed by atoms with Crippen LogP contribution in [0.3, 0.4) is 0 Å². The number of aromatic nitrogens is 5. The second kappa shape index (κ2) is 9.74. The van der Waals surface area contributed by atoms with Crippen LogP contribution in [-0.4, -0.2) is 64.5 Å². The number of methoxy groups -OCH3 is 3. The van der Waals surface area contributed by atoms with Crippen LogP contribution in [0.1, 0.15) is 18.4 Å². The topological polar surface area (TPSA) is 87.4 Å².